The summed E-state index contributed by atoms with van der Waals surface area (Å²) in [5.41, 5.74) is 5.40. The summed E-state index contributed by atoms with van der Waals surface area (Å²) < 4.78 is 26.0. The first-order valence-electron chi connectivity index (χ1n) is 6.79. The van der Waals surface area contributed by atoms with Gasteiger partial charge in [-0.15, -0.1) is 0 Å². The zero-order valence-electron chi connectivity index (χ0n) is 11.1. The van der Waals surface area contributed by atoms with Crippen molar-refractivity contribution < 1.29 is 13.6 Å². The number of carbonyl (C=O) groups excluding carboxylic acids is 1. The average molecular weight is 262 g/mol. The smallest absolute Gasteiger partial charge is 0.248 e. The summed E-state index contributed by atoms with van der Waals surface area (Å²) >= 11 is 0. The van der Waals surface area contributed by atoms with Crippen molar-refractivity contribution in [3.63, 3.8) is 0 Å². The first-order chi connectivity index (χ1) is 8.46. The highest BCUT2D eigenvalue weighted by atomic mass is 19.3. The van der Waals surface area contributed by atoms with E-state index in [-0.39, 0.29) is 24.7 Å². The van der Waals surface area contributed by atoms with Crippen molar-refractivity contribution in [1.82, 2.24) is 4.90 Å². The molecule has 18 heavy (non-hydrogen) atoms. The molecule has 1 amide bonds. The molecule has 0 bridgehead atoms. The SMILES string of the molecule is CN(CCCCCN)C(=O)C1CCC(F)(F)CC1. The maximum atomic E-state index is 13.0. The fourth-order valence-electron chi connectivity index (χ4n) is 2.38. The number of amides is 1. The minimum absolute atomic E-state index is 0.0262. The summed E-state index contributed by atoms with van der Waals surface area (Å²) in [6.07, 6.45) is 3.25. The molecule has 1 rings (SSSR count). The van der Waals surface area contributed by atoms with Crippen LogP contribution in [0.4, 0.5) is 8.78 Å². The van der Waals surface area contributed by atoms with E-state index in [1.807, 2.05) is 0 Å². The standard InChI is InChI=1S/C13H24F2N2O/c1-17(10-4-2-3-9-16)12(18)11-5-7-13(14,15)8-6-11/h11H,2-10,16H2,1H3. The fraction of sp³-hybridized carbons (Fsp3) is 0.923. The number of hydrogen-bond acceptors (Lipinski definition) is 2. The normalized spacial score (nSPS) is 19.8. The number of unbranched alkanes of at least 4 members (excludes halogenated alkanes) is 2. The average Bonchev–Trinajstić information content (AvgIpc) is 2.33. The van der Waals surface area contributed by atoms with Gasteiger partial charge < -0.3 is 10.6 Å². The Balaban J connectivity index is 2.27. The summed E-state index contributed by atoms with van der Waals surface area (Å²) in [6.45, 7) is 1.38. The van der Waals surface area contributed by atoms with Crippen molar-refractivity contribution in [2.24, 2.45) is 11.7 Å². The molecule has 0 aromatic heterocycles. The van der Waals surface area contributed by atoms with Crippen LogP contribution in [0.5, 0.6) is 0 Å². The van der Waals surface area contributed by atoms with Gasteiger partial charge in [-0.25, -0.2) is 8.78 Å². The van der Waals surface area contributed by atoms with E-state index in [2.05, 4.69) is 0 Å². The molecule has 0 heterocycles. The summed E-state index contributed by atoms with van der Waals surface area (Å²) in [4.78, 5) is 13.7. The largest absolute Gasteiger partial charge is 0.346 e. The Hall–Kier alpha value is -0.710. The second-order valence-electron chi connectivity index (χ2n) is 5.24. The van der Waals surface area contributed by atoms with Crippen molar-refractivity contribution >= 4 is 5.91 Å². The molecule has 0 aliphatic heterocycles. The van der Waals surface area contributed by atoms with E-state index < -0.39 is 5.92 Å². The molecule has 0 unspecified atom stereocenters. The molecule has 0 spiro atoms. The van der Waals surface area contributed by atoms with Gasteiger partial charge in [0.1, 0.15) is 0 Å². The van der Waals surface area contributed by atoms with Gasteiger partial charge in [0.05, 0.1) is 0 Å². The van der Waals surface area contributed by atoms with Gasteiger partial charge >= 0.3 is 0 Å². The summed E-state index contributed by atoms with van der Waals surface area (Å²) in [6, 6.07) is 0. The van der Waals surface area contributed by atoms with Gasteiger partial charge in [-0.1, -0.05) is 6.42 Å². The lowest BCUT2D eigenvalue weighted by Crippen LogP contribution is -2.37. The Kier molecular flexibility index (Phi) is 5.99. The van der Waals surface area contributed by atoms with Gasteiger partial charge in [-0.05, 0) is 32.2 Å². The molecule has 1 aliphatic rings. The maximum absolute atomic E-state index is 13.0. The van der Waals surface area contributed by atoms with Crippen LogP contribution < -0.4 is 5.73 Å². The highest BCUT2D eigenvalue weighted by molar-refractivity contribution is 5.78. The number of rotatable bonds is 6. The topological polar surface area (TPSA) is 46.3 Å². The van der Waals surface area contributed by atoms with Crippen LogP contribution in [-0.2, 0) is 4.79 Å². The van der Waals surface area contributed by atoms with Crippen molar-refractivity contribution in [2.75, 3.05) is 20.1 Å². The molecule has 2 N–H and O–H groups in total. The molecule has 1 saturated carbocycles. The van der Waals surface area contributed by atoms with Crippen LogP contribution in [0.25, 0.3) is 0 Å². The zero-order chi connectivity index (χ0) is 13.6. The zero-order valence-corrected chi connectivity index (χ0v) is 11.1. The van der Waals surface area contributed by atoms with Crippen LogP contribution in [0.3, 0.4) is 0 Å². The highest BCUT2D eigenvalue weighted by Gasteiger charge is 2.37. The number of nitrogens with two attached hydrogens (primary N) is 1. The predicted octanol–water partition coefficient (Wildman–Crippen LogP) is 2.40. The molecule has 0 saturated heterocycles. The Morgan fingerprint density at radius 3 is 2.44 bits per heavy atom. The number of hydrogen-bond donors (Lipinski definition) is 1. The summed E-state index contributed by atoms with van der Waals surface area (Å²) in [7, 11) is 1.76. The molecule has 1 aliphatic carbocycles. The van der Waals surface area contributed by atoms with Gasteiger partial charge in [0, 0.05) is 32.4 Å². The Bertz CT molecular complexity index is 262. The number of halogens is 2. The number of nitrogens with zero attached hydrogens (tertiary/aromatic N) is 1. The molecule has 0 atom stereocenters. The lowest BCUT2D eigenvalue weighted by molar-refractivity contribution is -0.138. The van der Waals surface area contributed by atoms with E-state index in [1.165, 1.54) is 0 Å². The Morgan fingerprint density at radius 1 is 1.28 bits per heavy atom. The van der Waals surface area contributed by atoms with Gasteiger partial charge in [0.25, 0.3) is 0 Å². The lowest BCUT2D eigenvalue weighted by atomic mass is 9.86. The van der Waals surface area contributed by atoms with Crippen molar-refractivity contribution in [2.45, 2.75) is 50.9 Å². The Morgan fingerprint density at radius 2 is 1.89 bits per heavy atom. The second-order valence-corrected chi connectivity index (χ2v) is 5.24. The first-order valence-corrected chi connectivity index (χ1v) is 6.79. The monoisotopic (exact) mass is 262 g/mol. The van der Waals surface area contributed by atoms with Gasteiger partial charge in [-0.3, -0.25) is 4.79 Å². The summed E-state index contributed by atoms with van der Waals surface area (Å²) in [5.74, 6) is -2.74. The quantitative estimate of drug-likeness (QED) is 0.747. The molecule has 5 heteroatoms. The van der Waals surface area contributed by atoms with Crippen molar-refractivity contribution in [1.29, 1.82) is 0 Å². The third kappa shape index (κ3) is 4.88. The first kappa shape index (κ1) is 15.3. The highest BCUT2D eigenvalue weighted by Crippen LogP contribution is 2.36. The van der Waals surface area contributed by atoms with E-state index in [4.69, 9.17) is 5.73 Å². The molecule has 0 radical (unpaired) electrons. The minimum atomic E-state index is -2.56. The van der Waals surface area contributed by atoms with Crippen LogP contribution in [0.2, 0.25) is 0 Å². The van der Waals surface area contributed by atoms with Crippen LogP contribution in [0.1, 0.15) is 44.9 Å². The number of carbonyl (C=O) groups is 1. The van der Waals surface area contributed by atoms with Crippen molar-refractivity contribution in [3.05, 3.63) is 0 Å². The van der Waals surface area contributed by atoms with Crippen LogP contribution >= 0.6 is 0 Å². The third-order valence-electron chi connectivity index (χ3n) is 3.64. The van der Waals surface area contributed by atoms with Crippen LogP contribution in [-0.4, -0.2) is 36.9 Å². The fourth-order valence-corrected chi connectivity index (χ4v) is 2.38. The van der Waals surface area contributed by atoms with E-state index >= 15 is 0 Å². The predicted molar refractivity (Wildman–Crippen MR) is 67.4 cm³/mol. The van der Waals surface area contributed by atoms with E-state index in [1.54, 1.807) is 11.9 Å². The van der Waals surface area contributed by atoms with Gasteiger partial charge in [-0.2, -0.15) is 0 Å². The van der Waals surface area contributed by atoms with Gasteiger partial charge in [0.15, 0.2) is 0 Å². The van der Waals surface area contributed by atoms with E-state index in [0.29, 0.717) is 25.9 Å². The van der Waals surface area contributed by atoms with E-state index in [9.17, 15) is 13.6 Å². The molecule has 1 fully saturated rings. The number of alkyl halides is 2. The third-order valence-corrected chi connectivity index (χ3v) is 3.64. The molecule has 0 aromatic rings. The molecular weight excluding hydrogens is 238 g/mol. The Labute approximate surface area is 108 Å². The molecular formula is C13H24F2N2O. The second kappa shape index (κ2) is 7.02. The van der Waals surface area contributed by atoms with Gasteiger partial charge in [0.2, 0.25) is 11.8 Å². The lowest BCUT2D eigenvalue weighted by Gasteiger charge is -2.30. The molecule has 106 valence electrons. The minimum Gasteiger partial charge on any atom is -0.346 e. The maximum Gasteiger partial charge on any atom is 0.248 e. The van der Waals surface area contributed by atoms with Crippen LogP contribution in [0.15, 0.2) is 0 Å². The van der Waals surface area contributed by atoms with Crippen LogP contribution in [0, 0.1) is 5.92 Å². The molecule has 3 nitrogen and oxygen atoms in total. The van der Waals surface area contributed by atoms with E-state index in [0.717, 1.165) is 19.3 Å². The summed E-state index contributed by atoms with van der Waals surface area (Å²) in [5, 5.41) is 0. The van der Waals surface area contributed by atoms with Crippen molar-refractivity contribution in [3.8, 4) is 0 Å². The molecule has 0 aromatic carbocycles.